The Labute approximate surface area is 159 Å². The minimum absolute atomic E-state index is 0. The van der Waals surface area contributed by atoms with Crippen molar-refractivity contribution >= 4 is 24.2 Å². The van der Waals surface area contributed by atoms with Crippen LogP contribution in [0.15, 0.2) is 0 Å². The highest BCUT2D eigenvalue weighted by molar-refractivity contribution is 5.89. The minimum Gasteiger partial charge on any atom is -0.345 e. The van der Waals surface area contributed by atoms with Gasteiger partial charge in [0, 0.05) is 38.6 Å². The number of rotatable bonds is 6. The first-order valence-corrected chi connectivity index (χ1v) is 9.59. The van der Waals surface area contributed by atoms with E-state index >= 15 is 0 Å². The van der Waals surface area contributed by atoms with Gasteiger partial charge in [-0.2, -0.15) is 0 Å². The van der Waals surface area contributed by atoms with Crippen LogP contribution in [0.2, 0.25) is 0 Å². The van der Waals surface area contributed by atoms with Gasteiger partial charge in [-0.15, -0.1) is 12.4 Å². The van der Waals surface area contributed by atoms with Crippen molar-refractivity contribution < 1.29 is 9.59 Å². The zero-order valence-electron chi connectivity index (χ0n) is 16.2. The molecular formula is C19H36ClN3O2. The van der Waals surface area contributed by atoms with E-state index in [0.717, 1.165) is 25.2 Å². The molecule has 146 valence electrons. The van der Waals surface area contributed by atoms with Crippen LogP contribution in [0.1, 0.15) is 59.3 Å². The summed E-state index contributed by atoms with van der Waals surface area (Å²) in [5.41, 5.74) is 6.07. The number of amides is 2. The molecule has 0 aromatic carbocycles. The Kier molecular flexibility index (Phi) is 8.69. The van der Waals surface area contributed by atoms with Crippen LogP contribution >= 0.6 is 12.4 Å². The quantitative estimate of drug-likeness (QED) is 0.778. The van der Waals surface area contributed by atoms with Gasteiger partial charge in [-0.3, -0.25) is 9.59 Å². The van der Waals surface area contributed by atoms with Gasteiger partial charge in [-0.05, 0) is 43.9 Å². The van der Waals surface area contributed by atoms with Crippen LogP contribution in [0.4, 0.5) is 0 Å². The molecule has 2 unspecified atom stereocenters. The lowest BCUT2D eigenvalue weighted by Crippen LogP contribution is -2.41. The van der Waals surface area contributed by atoms with E-state index in [-0.39, 0.29) is 36.2 Å². The molecule has 2 fully saturated rings. The summed E-state index contributed by atoms with van der Waals surface area (Å²) in [6.45, 7) is 7.77. The lowest BCUT2D eigenvalue weighted by molar-refractivity contribution is -0.134. The summed E-state index contributed by atoms with van der Waals surface area (Å²) in [4.78, 5) is 28.8. The Balaban J connectivity index is 0.00000312. The highest BCUT2D eigenvalue weighted by atomic mass is 35.5. The summed E-state index contributed by atoms with van der Waals surface area (Å²) >= 11 is 0. The van der Waals surface area contributed by atoms with Gasteiger partial charge in [-0.25, -0.2) is 0 Å². The van der Waals surface area contributed by atoms with E-state index < -0.39 is 0 Å². The second-order valence-corrected chi connectivity index (χ2v) is 8.32. The summed E-state index contributed by atoms with van der Waals surface area (Å²) in [5.74, 6) is 1.29. The first-order chi connectivity index (χ1) is 11.3. The van der Waals surface area contributed by atoms with Gasteiger partial charge in [0.15, 0.2) is 0 Å². The van der Waals surface area contributed by atoms with Crippen LogP contribution in [-0.4, -0.2) is 53.8 Å². The number of carbonyl (C=O) groups excluding carboxylic acids is 2. The topological polar surface area (TPSA) is 66.6 Å². The van der Waals surface area contributed by atoms with E-state index in [1.54, 1.807) is 4.90 Å². The van der Waals surface area contributed by atoms with E-state index in [2.05, 4.69) is 20.8 Å². The number of nitrogens with zero attached hydrogens (tertiary/aromatic N) is 2. The third-order valence-corrected chi connectivity index (χ3v) is 5.96. The Hall–Kier alpha value is -0.810. The number of carbonyl (C=O) groups is 2. The SMILES string of the molecule is CC1CCC(N2CC(C(=O)N(C)CCC(N)C(C)C)CC2=O)CC1.Cl. The summed E-state index contributed by atoms with van der Waals surface area (Å²) < 4.78 is 0. The predicted molar refractivity (Wildman–Crippen MR) is 104 cm³/mol. The standard InChI is InChI=1S/C19H35N3O2.ClH/c1-13(2)17(20)9-10-21(4)19(24)15-11-18(23)22(12-15)16-7-5-14(3)6-8-16;/h13-17H,5-12,20H2,1-4H3;1H. The molecule has 2 N–H and O–H groups in total. The van der Waals surface area contributed by atoms with Crippen molar-refractivity contribution in [3.05, 3.63) is 0 Å². The van der Waals surface area contributed by atoms with Crippen molar-refractivity contribution in [2.75, 3.05) is 20.1 Å². The molecule has 1 aliphatic carbocycles. The lowest BCUT2D eigenvalue weighted by Gasteiger charge is -2.33. The van der Waals surface area contributed by atoms with Crippen LogP contribution in [0.3, 0.4) is 0 Å². The first-order valence-electron chi connectivity index (χ1n) is 9.59. The molecule has 0 spiro atoms. The van der Waals surface area contributed by atoms with Crippen molar-refractivity contribution in [3.8, 4) is 0 Å². The summed E-state index contributed by atoms with van der Waals surface area (Å²) in [6.07, 6.45) is 5.76. The van der Waals surface area contributed by atoms with Gasteiger partial charge in [0.25, 0.3) is 0 Å². The molecule has 0 bridgehead atoms. The molecule has 1 saturated heterocycles. The molecular weight excluding hydrogens is 338 g/mol. The third-order valence-electron chi connectivity index (χ3n) is 5.96. The summed E-state index contributed by atoms with van der Waals surface area (Å²) in [6, 6.07) is 0.470. The smallest absolute Gasteiger partial charge is 0.227 e. The molecule has 2 amide bonds. The number of likely N-dealkylation sites (tertiary alicyclic amines) is 1. The van der Waals surface area contributed by atoms with E-state index in [1.165, 1.54) is 12.8 Å². The second-order valence-electron chi connectivity index (χ2n) is 8.32. The van der Waals surface area contributed by atoms with Crippen LogP contribution in [0, 0.1) is 17.8 Å². The fourth-order valence-electron chi connectivity index (χ4n) is 3.90. The van der Waals surface area contributed by atoms with Crippen molar-refractivity contribution in [3.63, 3.8) is 0 Å². The van der Waals surface area contributed by atoms with Crippen molar-refractivity contribution in [1.29, 1.82) is 0 Å². The molecule has 5 nitrogen and oxygen atoms in total. The van der Waals surface area contributed by atoms with Crippen LogP contribution in [0.5, 0.6) is 0 Å². The molecule has 1 heterocycles. The largest absolute Gasteiger partial charge is 0.345 e. The van der Waals surface area contributed by atoms with Crippen molar-refractivity contribution in [2.24, 2.45) is 23.5 Å². The Morgan fingerprint density at radius 3 is 2.44 bits per heavy atom. The number of halogens is 1. The molecule has 0 radical (unpaired) electrons. The maximum atomic E-state index is 12.7. The van der Waals surface area contributed by atoms with Crippen molar-refractivity contribution in [2.45, 2.75) is 71.4 Å². The second kappa shape index (κ2) is 9.77. The molecule has 0 aromatic rings. The Bertz CT molecular complexity index is 450. The van der Waals surface area contributed by atoms with Gasteiger partial charge in [0.05, 0.1) is 5.92 Å². The molecule has 2 aliphatic rings. The molecule has 2 rings (SSSR count). The highest BCUT2D eigenvalue weighted by Gasteiger charge is 2.39. The van der Waals surface area contributed by atoms with Gasteiger partial charge in [-0.1, -0.05) is 20.8 Å². The van der Waals surface area contributed by atoms with E-state index in [9.17, 15) is 9.59 Å². The lowest BCUT2D eigenvalue weighted by atomic mass is 9.86. The normalized spacial score (nSPS) is 28.0. The number of hydrogen-bond donors (Lipinski definition) is 1. The van der Waals surface area contributed by atoms with E-state index in [4.69, 9.17) is 5.73 Å². The molecule has 1 aliphatic heterocycles. The van der Waals surface area contributed by atoms with Crippen LogP contribution in [-0.2, 0) is 9.59 Å². The minimum atomic E-state index is -0.169. The average molecular weight is 374 g/mol. The molecule has 0 aromatic heterocycles. The van der Waals surface area contributed by atoms with Crippen LogP contribution in [0.25, 0.3) is 0 Å². The van der Waals surface area contributed by atoms with E-state index in [0.29, 0.717) is 31.5 Å². The van der Waals surface area contributed by atoms with E-state index in [1.807, 2.05) is 11.9 Å². The Morgan fingerprint density at radius 1 is 1.28 bits per heavy atom. The zero-order chi connectivity index (χ0) is 17.9. The molecule has 25 heavy (non-hydrogen) atoms. The highest BCUT2D eigenvalue weighted by Crippen LogP contribution is 2.31. The van der Waals surface area contributed by atoms with Gasteiger partial charge in [0.2, 0.25) is 11.8 Å². The monoisotopic (exact) mass is 373 g/mol. The van der Waals surface area contributed by atoms with Gasteiger partial charge < -0.3 is 15.5 Å². The fraction of sp³-hybridized carbons (Fsp3) is 0.895. The summed E-state index contributed by atoms with van der Waals surface area (Å²) in [5, 5.41) is 0. The molecule has 1 saturated carbocycles. The summed E-state index contributed by atoms with van der Waals surface area (Å²) in [7, 11) is 1.84. The maximum absolute atomic E-state index is 12.7. The number of hydrogen-bond acceptors (Lipinski definition) is 3. The number of nitrogens with two attached hydrogens (primary N) is 1. The van der Waals surface area contributed by atoms with Gasteiger partial charge in [0.1, 0.15) is 0 Å². The first kappa shape index (κ1) is 22.2. The maximum Gasteiger partial charge on any atom is 0.227 e. The zero-order valence-corrected chi connectivity index (χ0v) is 17.1. The Morgan fingerprint density at radius 2 is 1.88 bits per heavy atom. The average Bonchev–Trinajstić information content (AvgIpc) is 2.93. The third kappa shape index (κ3) is 5.85. The predicted octanol–water partition coefficient (Wildman–Crippen LogP) is 2.67. The van der Waals surface area contributed by atoms with Crippen LogP contribution < -0.4 is 5.73 Å². The fourth-order valence-corrected chi connectivity index (χ4v) is 3.90. The molecule has 2 atom stereocenters. The van der Waals surface area contributed by atoms with Gasteiger partial charge >= 0.3 is 0 Å². The molecule has 6 heteroatoms. The van der Waals surface area contributed by atoms with Crippen molar-refractivity contribution in [1.82, 2.24) is 9.80 Å².